The van der Waals surface area contributed by atoms with Gasteiger partial charge in [0.1, 0.15) is 5.60 Å². The third kappa shape index (κ3) is 2.32. The van der Waals surface area contributed by atoms with E-state index in [0.717, 1.165) is 51.6 Å². The molecule has 1 aliphatic carbocycles. The molecule has 1 unspecified atom stereocenters. The summed E-state index contributed by atoms with van der Waals surface area (Å²) in [7, 11) is 0. The van der Waals surface area contributed by atoms with Gasteiger partial charge in [0, 0.05) is 6.61 Å². The maximum absolute atomic E-state index is 11.4. The Bertz CT molecular complexity index is 230. The number of amides is 1. The van der Waals surface area contributed by atoms with E-state index in [9.17, 15) is 4.79 Å². The van der Waals surface area contributed by atoms with Crippen LogP contribution in [-0.4, -0.2) is 24.4 Å². The molecule has 2 N–H and O–H groups in total. The van der Waals surface area contributed by atoms with Gasteiger partial charge in [-0.1, -0.05) is 0 Å². The van der Waals surface area contributed by atoms with Crippen molar-refractivity contribution in [3.63, 3.8) is 0 Å². The van der Waals surface area contributed by atoms with Gasteiger partial charge in [-0.2, -0.15) is 0 Å². The molecule has 4 heteroatoms. The molecule has 0 aromatic rings. The second kappa shape index (κ2) is 4.49. The molecule has 0 bridgehead atoms. The highest BCUT2D eigenvalue weighted by atomic mass is 16.7. The molecule has 4 nitrogen and oxygen atoms in total. The third-order valence-electron chi connectivity index (χ3n) is 3.36. The van der Waals surface area contributed by atoms with Crippen LogP contribution in [0.3, 0.4) is 0 Å². The topological polar surface area (TPSA) is 61.6 Å². The Hall–Kier alpha value is -0.610. The normalized spacial score (nSPS) is 30.3. The zero-order chi connectivity index (χ0) is 10.7. The molecular formula is C11H19NO3. The summed E-state index contributed by atoms with van der Waals surface area (Å²) in [5.74, 6) is -0.325. The van der Waals surface area contributed by atoms with Crippen LogP contribution in [0.2, 0.25) is 0 Å². The van der Waals surface area contributed by atoms with Crippen LogP contribution in [0.1, 0.15) is 44.9 Å². The molecule has 1 amide bonds. The summed E-state index contributed by atoms with van der Waals surface area (Å²) in [5.41, 5.74) is 4.70. The molecule has 86 valence electrons. The predicted molar refractivity (Wildman–Crippen MR) is 55.1 cm³/mol. The number of carbonyl (C=O) groups is 1. The highest BCUT2D eigenvalue weighted by Crippen LogP contribution is 2.35. The van der Waals surface area contributed by atoms with Gasteiger partial charge in [-0.05, 0) is 44.9 Å². The standard InChI is InChI=1S/C11H19NO3/c12-10(13)11(6-2-3-7-11)15-9-5-1-4-8-14-9/h9H,1-8H2,(H2,12,13). The van der Waals surface area contributed by atoms with Gasteiger partial charge in [-0.3, -0.25) is 4.79 Å². The lowest BCUT2D eigenvalue weighted by Gasteiger charge is -2.32. The lowest BCUT2D eigenvalue weighted by atomic mass is 10.0. The maximum Gasteiger partial charge on any atom is 0.249 e. The first kappa shape index (κ1) is 10.9. The summed E-state index contributed by atoms with van der Waals surface area (Å²) in [6.07, 6.45) is 6.41. The van der Waals surface area contributed by atoms with Crippen LogP contribution in [0.5, 0.6) is 0 Å². The fraction of sp³-hybridized carbons (Fsp3) is 0.909. The van der Waals surface area contributed by atoms with Crippen LogP contribution >= 0.6 is 0 Å². The SMILES string of the molecule is NC(=O)C1(OC2CCCCO2)CCCC1. The zero-order valence-electron chi connectivity index (χ0n) is 9.04. The van der Waals surface area contributed by atoms with E-state index in [2.05, 4.69) is 0 Å². The van der Waals surface area contributed by atoms with Crippen molar-refractivity contribution in [1.82, 2.24) is 0 Å². The molecule has 0 radical (unpaired) electrons. The van der Waals surface area contributed by atoms with Crippen LogP contribution in [-0.2, 0) is 14.3 Å². The van der Waals surface area contributed by atoms with Gasteiger partial charge < -0.3 is 15.2 Å². The Kier molecular flexibility index (Phi) is 3.26. The molecule has 2 aliphatic rings. The van der Waals surface area contributed by atoms with E-state index in [4.69, 9.17) is 15.2 Å². The lowest BCUT2D eigenvalue weighted by molar-refractivity contribution is -0.221. The van der Waals surface area contributed by atoms with Gasteiger partial charge in [0.15, 0.2) is 6.29 Å². The Balaban J connectivity index is 1.96. The number of carbonyl (C=O) groups excluding carboxylic acids is 1. The number of primary amides is 1. The van der Waals surface area contributed by atoms with Crippen molar-refractivity contribution < 1.29 is 14.3 Å². The summed E-state index contributed by atoms with van der Waals surface area (Å²) < 4.78 is 11.3. The van der Waals surface area contributed by atoms with Gasteiger partial charge in [0.25, 0.3) is 0 Å². The van der Waals surface area contributed by atoms with Gasteiger partial charge in [0.2, 0.25) is 5.91 Å². The second-order valence-electron chi connectivity index (χ2n) is 4.48. The van der Waals surface area contributed by atoms with Crippen molar-refractivity contribution in [1.29, 1.82) is 0 Å². The summed E-state index contributed by atoms with van der Waals surface area (Å²) in [5, 5.41) is 0. The van der Waals surface area contributed by atoms with E-state index >= 15 is 0 Å². The van der Waals surface area contributed by atoms with Crippen molar-refractivity contribution >= 4 is 5.91 Å². The van der Waals surface area contributed by atoms with Crippen molar-refractivity contribution in [3.8, 4) is 0 Å². The molecule has 1 atom stereocenters. The van der Waals surface area contributed by atoms with Gasteiger partial charge in [-0.15, -0.1) is 0 Å². The largest absolute Gasteiger partial charge is 0.367 e. The van der Waals surface area contributed by atoms with E-state index < -0.39 is 5.60 Å². The third-order valence-corrected chi connectivity index (χ3v) is 3.36. The Labute approximate surface area is 90.1 Å². The Morgan fingerprint density at radius 2 is 2.00 bits per heavy atom. The highest BCUT2D eigenvalue weighted by Gasteiger charge is 2.43. The number of rotatable bonds is 3. The van der Waals surface area contributed by atoms with Gasteiger partial charge >= 0.3 is 0 Å². The first-order valence-electron chi connectivity index (χ1n) is 5.82. The molecule has 1 heterocycles. The summed E-state index contributed by atoms with van der Waals surface area (Å²) in [6, 6.07) is 0. The van der Waals surface area contributed by atoms with E-state index in [1.807, 2.05) is 0 Å². The first-order valence-corrected chi connectivity index (χ1v) is 5.82. The smallest absolute Gasteiger partial charge is 0.249 e. The summed E-state index contributed by atoms with van der Waals surface area (Å²) in [6.45, 7) is 0.736. The quantitative estimate of drug-likeness (QED) is 0.769. The zero-order valence-corrected chi connectivity index (χ0v) is 9.04. The van der Waals surface area contributed by atoms with Crippen molar-refractivity contribution in [3.05, 3.63) is 0 Å². The molecule has 1 saturated carbocycles. The minimum absolute atomic E-state index is 0.218. The predicted octanol–water partition coefficient (Wildman–Crippen LogP) is 1.33. The van der Waals surface area contributed by atoms with Crippen molar-refractivity contribution in [2.45, 2.75) is 56.8 Å². The van der Waals surface area contributed by atoms with Crippen molar-refractivity contribution in [2.75, 3.05) is 6.61 Å². The van der Waals surface area contributed by atoms with Crippen LogP contribution in [0.15, 0.2) is 0 Å². The van der Waals surface area contributed by atoms with Gasteiger partial charge in [0.05, 0.1) is 0 Å². The van der Waals surface area contributed by atoms with E-state index in [1.54, 1.807) is 0 Å². The molecular weight excluding hydrogens is 194 g/mol. The molecule has 1 aliphatic heterocycles. The Morgan fingerprint density at radius 1 is 1.27 bits per heavy atom. The number of ether oxygens (including phenoxy) is 2. The van der Waals surface area contributed by atoms with Gasteiger partial charge in [-0.25, -0.2) is 0 Å². The number of hydrogen-bond donors (Lipinski definition) is 1. The average Bonchev–Trinajstić information content (AvgIpc) is 2.69. The van der Waals surface area contributed by atoms with Crippen LogP contribution < -0.4 is 5.73 Å². The second-order valence-corrected chi connectivity index (χ2v) is 4.48. The molecule has 2 fully saturated rings. The van der Waals surface area contributed by atoms with Crippen LogP contribution in [0.25, 0.3) is 0 Å². The molecule has 2 rings (SSSR count). The van der Waals surface area contributed by atoms with E-state index in [1.165, 1.54) is 0 Å². The number of nitrogens with two attached hydrogens (primary N) is 1. The molecule has 0 aromatic heterocycles. The fourth-order valence-electron chi connectivity index (χ4n) is 2.42. The van der Waals surface area contributed by atoms with Crippen LogP contribution in [0.4, 0.5) is 0 Å². The minimum atomic E-state index is -0.734. The van der Waals surface area contributed by atoms with E-state index in [0.29, 0.717) is 0 Å². The molecule has 0 spiro atoms. The number of hydrogen-bond acceptors (Lipinski definition) is 3. The molecule has 0 aromatic carbocycles. The fourth-order valence-corrected chi connectivity index (χ4v) is 2.42. The highest BCUT2D eigenvalue weighted by molar-refractivity contribution is 5.83. The van der Waals surface area contributed by atoms with Crippen LogP contribution in [0, 0.1) is 0 Å². The molecule has 1 saturated heterocycles. The minimum Gasteiger partial charge on any atom is -0.367 e. The molecule has 15 heavy (non-hydrogen) atoms. The van der Waals surface area contributed by atoms with Crippen molar-refractivity contribution in [2.24, 2.45) is 5.73 Å². The monoisotopic (exact) mass is 213 g/mol. The average molecular weight is 213 g/mol. The lowest BCUT2D eigenvalue weighted by Crippen LogP contribution is -2.47. The Morgan fingerprint density at radius 3 is 2.53 bits per heavy atom. The van der Waals surface area contributed by atoms with E-state index in [-0.39, 0.29) is 12.2 Å². The first-order chi connectivity index (χ1) is 7.23. The maximum atomic E-state index is 11.4. The summed E-state index contributed by atoms with van der Waals surface area (Å²) >= 11 is 0. The summed E-state index contributed by atoms with van der Waals surface area (Å²) in [4.78, 5) is 11.4.